The molecule has 0 aromatic heterocycles. The molecule has 1 atom stereocenters. The van der Waals surface area contributed by atoms with E-state index in [1.165, 1.54) is 23.8 Å². The van der Waals surface area contributed by atoms with Gasteiger partial charge in [0.25, 0.3) is 0 Å². The van der Waals surface area contributed by atoms with Gasteiger partial charge in [-0.1, -0.05) is 0 Å². The molecule has 1 unspecified atom stereocenters. The van der Waals surface area contributed by atoms with Crippen molar-refractivity contribution < 1.29 is 14.3 Å². The van der Waals surface area contributed by atoms with Gasteiger partial charge in [-0.3, -0.25) is 9.59 Å². The van der Waals surface area contributed by atoms with Crippen LogP contribution < -0.4 is 5.73 Å². The van der Waals surface area contributed by atoms with E-state index in [9.17, 15) is 9.59 Å². The summed E-state index contributed by atoms with van der Waals surface area (Å²) in [6, 6.07) is 3.28. The molecule has 8 heteroatoms. The van der Waals surface area contributed by atoms with Gasteiger partial charge in [-0.25, -0.2) is 0 Å². The molecule has 0 radical (unpaired) electrons. The summed E-state index contributed by atoms with van der Waals surface area (Å²) >= 11 is 1.37. The zero-order valence-electron chi connectivity index (χ0n) is 12.1. The molecule has 116 valence electrons. The average Bonchev–Trinajstić information content (AvgIpc) is 2.50. The Kier molecular flexibility index (Phi) is 11.0. The second-order valence-electron chi connectivity index (χ2n) is 4.17. The van der Waals surface area contributed by atoms with Gasteiger partial charge >= 0.3 is 5.97 Å². The van der Waals surface area contributed by atoms with Gasteiger partial charge in [0.15, 0.2) is 0 Å². The number of ether oxygens (including phenoxy) is 1. The summed E-state index contributed by atoms with van der Waals surface area (Å²) in [6.45, 7) is 0.665. The highest BCUT2D eigenvalue weighted by atomic mass is 32.2. The first-order valence-electron chi connectivity index (χ1n) is 6.49. The van der Waals surface area contributed by atoms with Crippen molar-refractivity contribution in [3.05, 3.63) is 0 Å². The summed E-state index contributed by atoms with van der Waals surface area (Å²) in [5.74, 6) is 0.223. The summed E-state index contributed by atoms with van der Waals surface area (Å²) in [7, 11) is 1.28. The zero-order valence-corrected chi connectivity index (χ0v) is 12.9. The van der Waals surface area contributed by atoms with Crippen molar-refractivity contribution in [3.8, 4) is 12.1 Å². The lowest BCUT2D eigenvalue weighted by atomic mass is 10.2. The maximum absolute atomic E-state index is 12.0. The first-order chi connectivity index (χ1) is 10.1. The molecule has 0 aliphatic heterocycles. The Hall–Kier alpha value is -1.77. The Labute approximate surface area is 129 Å². The number of rotatable bonds is 10. The number of nitrogens with zero attached hydrogens (tertiary/aromatic N) is 3. The van der Waals surface area contributed by atoms with Crippen LogP contribution in [0.15, 0.2) is 0 Å². The topological polar surface area (TPSA) is 120 Å². The van der Waals surface area contributed by atoms with E-state index in [1.54, 1.807) is 0 Å². The number of amides is 1. The Bertz CT molecular complexity index is 399. The fraction of sp³-hybridized carbons (Fsp3) is 0.692. The summed E-state index contributed by atoms with van der Waals surface area (Å²) in [5.41, 5.74) is 5.58. The second-order valence-corrected chi connectivity index (χ2v) is 5.27. The fourth-order valence-electron chi connectivity index (χ4n) is 1.46. The van der Waals surface area contributed by atoms with Crippen LogP contribution in [-0.2, 0) is 14.3 Å². The number of hydrogen-bond donors (Lipinski definition) is 1. The third kappa shape index (κ3) is 8.90. The van der Waals surface area contributed by atoms with E-state index in [4.69, 9.17) is 16.3 Å². The van der Waals surface area contributed by atoms with Crippen LogP contribution in [0.25, 0.3) is 0 Å². The molecule has 7 nitrogen and oxygen atoms in total. The van der Waals surface area contributed by atoms with Crippen LogP contribution in [0.1, 0.15) is 19.3 Å². The highest BCUT2D eigenvalue weighted by molar-refractivity contribution is 7.99. The molecule has 1 amide bonds. The van der Waals surface area contributed by atoms with Gasteiger partial charge in [0.1, 0.15) is 6.04 Å². The average molecular weight is 312 g/mol. The molecule has 0 fully saturated rings. The molecule has 0 aromatic carbocycles. The second kappa shape index (κ2) is 12.0. The molecule has 0 saturated heterocycles. The summed E-state index contributed by atoms with van der Waals surface area (Å²) in [5, 5.41) is 17.1. The minimum atomic E-state index is -0.675. The van der Waals surface area contributed by atoms with E-state index in [2.05, 4.69) is 4.74 Å². The number of nitriles is 2. The van der Waals surface area contributed by atoms with Crippen molar-refractivity contribution in [3.63, 3.8) is 0 Å². The maximum atomic E-state index is 12.0. The van der Waals surface area contributed by atoms with E-state index in [0.29, 0.717) is 25.3 Å². The largest absolute Gasteiger partial charge is 0.468 e. The van der Waals surface area contributed by atoms with E-state index < -0.39 is 12.0 Å². The monoisotopic (exact) mass is 312 g/mol. The number of carbonyl (C=O) groups excluding carboxylic acids is 2. The van der Waals surface area contributed by atoms with Gasteiger partial charge in [0.05, 0.1) is 37.8 Å². The minimum Gasteiger partial charge on any atom is -0.468 e. The Morgan fingerprint density at radius 1 is 1.29 bits per heavy atom. The molecule has 0 aromatic rings. The van der Waals surface area contributed by atoms with Crippen LogP contribution in [0.3, 0.4) is 0 Å². The summed E-state index contributed by atoms with van der Waals surface area (Å²) < 4.78 is 4.51. The van der Waals surface area contributed by atoms with Crippen LogP contribution in [0.2, 0.25) is 0 Å². The normalized spacial score (nSPS) is 11.0. The zero-order chi connectivity index (χ0) is 16.1. The lowest BCUT2D eigenvalue weighted by Gasteiger charge is -2.20. The van der Waals surface area contributed by atoms with Crippen molar-refractivity contribution in [2.75, 3.05) is 31.7 Å². The van der Waals surface area contributed by atoms with Crippen molar-refractivity contribution in [2.45, 2.75) is 25.3 Å². The first-order valence-corrected chi connectivity index (χ1v) is 7.65. The van der Waals surface area contributed by atoms with E-state index in [1.807, 2.05) is 12.1 Å². The SMILES string of the molecule is COC(=O)C(N)CCSCC(=O)N(CCC#N)CCC#N. The molecule has 0 aliphatic rings. The van der Waals surface area contributed by atoms with Crippen LogP contribution in [0, 0.1) is 22.7 Å². The number of thioether (sulfide) groups is 1. The predicted octanol–water partition coefficient (Wildman–Crippen LogP) is 0.266. The molecule has 0 bridgehead atoms. The van der Waals surface area contributed by atoms with E-state index >= 15 is 0 Å². The van der Waals surface area contributed by atoms with Gasteiger partial charge in [-0.2, -0.15) is 22.3 Å². The number of nitrogens with two attached hydrogens (primary N) is 1. The Morgan fingerprint density at radius 2 is 1.86 bits per heavy atom. The molecule has 21 heavy (non-hydrogen) atoms. The van der Waals surface area contributed by atoms with Crippen molar-refractivity contribution in [2.24, 2.45) is 5.73 Å². The van der Waals surface area contributed by atoms with Gasteiger partial charge in [0, 0.05) is 13.1 Å². The third-order valence-corrected chi connectivity index (χ3v) is 3.62. The van der Waals surface area contributed by atoms with Crippen LogP contribution in [0.4, 0.5) is 0 Å². The van der Waals surface area contributed by atoms with Gasteiger partial charge in [-0.05, 0) is 12.2 Å². The van der Waals surface area contributed by atoms with E-state index in [-0.39, 0.29) is 24.5 Å². The smallest absolute Gasteiger partial charge is 0.322 e. The summed E-state index contributed by atoms with van der Waals surface area (Å²) in [6.07, 6.45) is 0.922. The number of hydrogen-bond acceptors (Lipinski definition) is 7. The Balaban J connectivity index is 4.05. The number of carbonyl (C=O) groups is 2. The number of esters is 1. The molecule has 0 saturated carbocycles. The molecule has 2 N–H and O–H groups in total. The van der Waals surface area contributed by atoms with Crippen molar-refractivity contribution in [1.29, 1.82) is 10.5 Å². The molecular weight excluding hydrogens is 292 g/mol. The van der Waals surface area contributed by atoms with Crippen LogP contribution in [-0.4, -0.2) is 54.5 Å². The molecule has 0 heterocycles. The predicted molar refractivity (Wildman–Crippen MR) is 79.0 cm³/mol. The lowest BCUT2D eigenvalue weighted by Crippen LogP contribution is -2.34. The van der Waals surface area contributed by atoms with Crippen molar-refractivity contribution in [1.82, 2.24) is 4.90 Å². The highest BCUT2D eigenvalue weighted by Crippen LogP contribution is 2.07. The van der Waals surface area contributed by atoms with Crippen LogP contribution >= 0.6 is 11.8 Å². The lowest BCUT2D eigenvalue weighted by molar-refractivity contribution is -0.142. The van der Waals surface area contributed by atoms with Gasteiger partial charge in [0.2, 0.25) is 5.91 Å². The number of methoxy groups -OCH3 is 1. The van der Waals surface area contributed by atoms with Crippen molar-refractivity contribution >= 4 is 23.6 Å². The fourth-order valence-corrected chi connectivity index (χ4v) is 2.38. The molecule has 0 spiro atoms. The first kappa shape index (κ1) is 19.2. The minimum absolute atomic E-state index is 0.114. The quantitative estimate of drug-likeness (QED) is 0.454. The van der Waals surface area contributed by atoms with Gasteiger partial charge in [-0.15, -0.1) is 0 Å². The molecule has 0 rings (SSSR count). The van der Waals surface area contributed by atoms with E-state index in [0.717, 1.165) is 0 Å². The Morgan fingerprint density at radius 3 is 2.33 bits per heavy atom. The van der Waals surface area contributed by atoms with Gasteiger partial charge < -0.3 is 15.4 Å². The maximum Gasteiger partial charge on any atom is 0.322 e. The summed E-state index contributed by atoms with van der Waals surface area (Å²) in [4.78, 5) is 24.6. The van der Waals surface area contributed by atoms with Crippen LogP contribution in [0.5, 0.6) is 0 Å². The third-order valence-electron chi connectivity index (χ3n) is 2.64. The molecular formula is C13H20N4O3S. The standard InChI is InChI=1S/C13H20N4O3S/c1-20-13(19)11(16)4-9-21-10-12(18)17(7-2-5-14)8-3-6-15/h11H,2-4,7-10,16H2,1H3. The highest BCUT2D eigenvalue weighted by Gasteiger charge is 2.15. The molecule has 0 aliphatic carbocycles.